The molecule has 2 aromatic carbocycles. The van der Waals surface area contributed by atoms with Crippen molar-refractivity contribution in [1.82, 2.24) is 5.43 Å². The van der Waals surface area contributed by atoms with E-state index in [1.165, 1.54) is 31.5 Å². The van der Waals surface area contributed by atoms with Gasteiger partial charge in [0, 0.05) is 11.3 Å². The molecule has 0 saturated carbocycles. The lowest BCUT2D eigenvalue weighted by molar-refractivity contribution is 0.0697. The number of carbonyl (C=O) groups is 1. The highest BCUT2D eigenvalue weighted by atomic mass is 32.1. The minimum Gasteiger partial charge on any atom is -0.507 e. The number of hydrogen-bond donors (Lipinski definition) is 4. The van der Waals surface area contributed by atoms with Gasteiger partial charge in [-0.1, -0.05) is 6.07 Å². The average molecular weight is 345 g/mol. The summed E-state index contributed by atoms with van der Waals surface area (Å²) >= 11 is 5.07. The maximum atomic E-state index is 10.9. The van der Waals surface area contributed by atoms with Gasteiger partial charge in [-0.2, -0.15) is 5.10 Å². The number of nitrogens with one attached hydrogen (secondary N) is 2. The Morgan fingerprint density at radius 3 is 2.79 bits per heavy atom. The molecule has 7 nitrogen and oxygen atoms in total. The number of carboxylic acids is 1. The van der Waals surface area contributed by atoms with E-state index in [2.05, 4.69) is 15.8 Å². The molecule has 0 aliphatic heterocycles. The van der Waals surface area contributed by atoms with Crippen molar-refractivity contribution >= 4 is 35.2 Å². The van der Waals surface area contributed by atoms with Gasteiger partial charge in [0.25, 0.3) is 0 Å². The number of aromatic hydroxyl groups is 1. The third-order valence-electron chi connectivity index (χ3n) is 2.97. The van der Waals surface area contributed by atoms with Crippen LogP contribution in [0.25, 0.3) is 0 Å². The summed E-state index contributed by atoms with van der Waals surface area (Å²) in [6.45, 7) is 0. The summed E-state index contributed by atoms with van der Waals surface area (Å²) in [4.78, 5) is 10.9. The number of ether oxygens (including phenoxy) is 1. The van der Waals surface area contributed by atoms with Crippen molar-refractivity contribution < 1.29 is 19.7 Å². The number of nitrogens with zero attached hydrogens (tertiary/aromatic N) is 1. The number of benzene rings is 2. The summed E-state index contributed by atoms with van der Waals surface area (Å²) < 4.78 is 5.07. The molecule has 0 spiro atoms. The average Bonchev–Trinajstić information content (AvgIpc) is 2.56. The molecule has 0 aliphatic rings. The first-order chi connectivity index (χ1) is 11.5. The van der Waals surface area contributed by atoms with E-state index in [4.69, 9.17) is 22.1 Å². The van der Waals surface area contributed by atoms with Crippen LogP contribution < -0.4 is 15.5 Å². The van der Waals surface area contributed by atoms with Gasteiger partial charge in [0.05, 0.1) is 18.9 Å². The zero-order valence-corrected chi connectivity index (χ0v) is 13.5. The van der Waals surface area contributed by atoms with Crippen LogP contribution in [-0.4, -0.2) is 34.6 Å². The summed E-state index contributed by atoms with van der Waals surface area (Å²) in [5.74, 6) is -0.390. The van der Waals surface area contributed by atoms with Crippen LogP contribution in [0.15, 0.2) is 47.6 Å². The molecular formula is C16H15N3O4S. The smallest absolute Gasteiger partial charge is 0.335 e. The van der Waals surface area contributed by atoms with Crippen molar-refractivity contribution in [2.24, 2.45) is 5.10 Å². The zero-order chi connectivity index (χ0) is 17.5. The molecular weight excluding hydrogens is 330 g/mol. The second-order valence-electron chi connectivity index (χ2n) is 4.63. The predicted octanol–water partition coefficient (Wildman–Crippen LogP) is 2.42. The minimum atomic E-state index is -1.02. The van der Waals surface area contributed by atoms with E-state index in [1.807, 2.05) is 0 Å². The Kier molecular flexibility index (Phi) is 5.69. The van der Waals surface area contributed by atoms with E-state index in [0.717, 1.165) is 0 Å². The third-order valence-corrected chi connectivity index (χ3v) is 3.17. The Bertz CT molecular complexity index is 793. The summed E-state index contributed by atoms with van der Waals surface area (Å²) in [7, 11) is 1.52. The SMILES string of the molecule is COc1ccc(O)c(/C=N/NC(=S)Nc2cccc(C(=O)O)c2)c1. The number of phenolic OH excluding ortho intramolecular Hbond substituents is 1. The van der Waals surface area contributed by atoms with Crippen molar-refractivity contribution in [1.29, 1.82) is 0 Å². The molecule has 0 aliphatic carbocycles. The molecule has 0 radical (unpaired) electrons. The van der Waals surface area contributed by atoms with Gasteiger partial charge in [-0.15, -0.1) is 0 Å². The summed E-state index contributed by atoms with van der Waals surface area (Å²) in [5, 5.41) is 25.6. The quantitative estimate of drug-likeness (QED) is 0.375. The second-order valence-corrected chi connectivity index (χ2v) is 5.04. The van der Waals surface area contributed by atoms with Crippen molar-refractivity contribution in [2.45, 2.75) is 0 Å². The molecule has 0 amide bonds. The van der Waals surface area contributed by atoms with Gasteiger partial charge in [0.1, 0.15) is 11.5 Å². The van der Waals surface area contributed by atoms with Crippen LogP contribution in [0.3, 0.4) is 0 Å². The van der Waals surface area contributed by atoms with Gasteiger partial charge < -0.3 is 20.3 Å². The van der Waals surface area contributed by atoms with Crippen molar-refractivity contribution in [3.63, 3.8) is 0 Å². The van der Waals surface area contributed by atoms with Gasteiger partial charge in [0.15, 0.2) is 5.11 Å². The van der Waals surface area contributed by atoms with E-state index in [9.17, 15) is 9.90 Å². The molecule has 4 N–H and O–H groups in total. The molecule has 8 heteroatoms. The van der Waals surface area contributed by atoms with E-state index < -0.39 is 5.97 Å². The molecule has 0 atom stereocenters. The fourth-order valence-electron chi connectivity index (χ4n) is 1.81. The first-order valence-corrected chi connectivity index (χ1v) is 7.21. The molecule has 0 bridgehead atoms. The van der Waals surface area contributed by atoms with E-state index >= 15 is 0 Å². The van der Waals surface area contributed by atoms with Gasteiger partial charge in [-0.3, -0.25) is 5.43 Å². The van der Waals surface area contributed by atoms with Crippen LogP contribution in [0.5, 0.6) is 11.5 Å². The standard InChI is InChI=1S/C16H15N3O4S/c1-23-13-5-6-14(20)11(8-13)9-17-19-16(24)18-12-4-2-3-10(7-12)15(21)22/h2-9,20H,1H3,(H,21,22)(H2,18,19,24)/b17-9+. The van der Waals surface area contributed by atoms with Crippen LogP contribution in [-0.2, 0) is 0 Å². The Balaban J connectivity index is 1.98. The van der Waals surface area contributed by atoms with Crippen LogP contribution in [0.2, 0.25) is 0 Å². The maximum Gasteiger partial charge on any atom is 0.335 e. The number of carboxylic acid groups (broad SMARTS) is 1. The number of aromatic carboxylic acids is 1. The van der Waals surface area contributed by atoms with E-state index in [-0.39, 0.29) is 16.4 Å². The molecule has 0 aromatic heterocycles. The minimum absolute atomic E-state index is 0.0504. The number of hydrazone groups is 1. The van der Waals surface area contributed by atoms with Crippen LogP contribution in [0.1, 0.15) is 15.9 Å². The maximum absolute atomic E-state index is 10.9. The number of methoxy groups -OCH3 is 1. The van der Waals surface area contributed by atoms with Crippen molar-refractivity contribution in [2.75, 3.05) is 12.4 Å². The third kappa shape index (κ3) is 4.68. The van der Waals surface area contributed by atoms with Crippen LogP contribution in [0, 0.1) is 0 Å². The van der Waals surface area contributed by atoms with Crippen LogP contribution >= 0.6 is 12.2 Å². The molecule has 0 unspecified atom stereocenters. The molecule has 2 rings (SSSR count). The monoisotopic (exact) mass is 345 g/mol. The predicted molar refractivity (Wildman–Crippen MR) is 95.0 cm³/mol. The summed E-state index contributed by atoms with van der Waals surface area (Å²) in [6.07, 6.45) is 1.39. The lowest BCUT2D eigenvalue weighted by atomic mass is 10.2. The molecule has 124 valence electrons. The highest BCUT2D eigenvalue weighted by Crippen LogP contribution is 2.20. The number of anilines is 1. The van der Waals surface area contributed by atoms with Gasteiger partial charge in [-0.05, 0) is 48.6 Å². The molecule has 0 heterocycles. The lowest BCUT2D eigenvalue weighted by Crippen LogP contribution is -2.24. The van der Waals surface area contributed by atoms with E-state index in [0.29, 0.717) is 17.0 Å². The van der Waals surface area contributed by atoms with Crippen LogP contribution in [0.4, 0.5) is 5.69 Å². The first-order valence-electron chi connectivity index (χ1n) is 6.80. The molecule has 24 heavy (non-hydrogen) atoms. The summed E-state index contributed by atoms with van der Waals surface area (Å²) in [5.41, 5.74) is 3.71. The second kappa shape index (κ2) is 7.93. The molecule has 2 aromatic rings. The zero-order valence-electron chi connectivity index (χ0n) is 12.7. The Morgan fingerprint density at radius 2 is 2.08 bits per heavy atom. The Hall–Kier alpha value is -3.13. The van der Waals surface area contributed by atoms with Crippen molar-refractivity contribution in [3.05, 3.63) is 53.6 Å². The number of hydrogen-bond acceptors (Lipinski definition) is 5. The van der Waals surface area contributed by atoms with Gasteiger partial charge in [0.2, 0.25) is 0 Å². The molecule has 0 fully saturated rings. The number of rotatable bonds is 5. The van der Waals surface area contributed by atoms with Gasteiger partial charge in [-0.25, -0.2) is 4.79 Å². The Morgan fingerprint density at radius 1 is 1.29 bits per heavy atom. The highest BCUT2D eigenvalue weighted by molar-refractivity contribution is 7.80. The Labute approximate surface area is 143 Å². The largest absolute Gasteiger partial charge is 0.507 e. The van der Waals surface area contributed by atoms with Crippen molar-refractivity contribution in [3.8, 4) is 11.5 Å². The van der Waals surface area contributed by atoms with E-state index in [1.54, 1.807) is 24.3 Å². The fraction of sp³-hybridized carbons (Fsp3) is 0.0625. The normalized spacial score (nSPS) is 10.4. The highest BCUT2D eigenvalue weighted by Gasteiger charge is 2.04. The fourth-order valence-corrected chi connectivity index (χ4v) is 1.98. The number of thiocarbonyl (C=S) groups is 1. The first kappa shape index (κ1) is 17.2. The van der Waals surface area contributed by atoms with Gasteiger partial charge >= 0.3 is 5.97 Å². The topological polar surface area (TPSA) is 103 Å². The molecule has 0 saturated heterocycles. The number of phenols is 1. The summed E-state index contributed by atoms with van der Waals surface area (Å²) in [6, 6.07) is 11.0. The lowest BCUT2D eigenvalue weighted by Gasteiger charge is -2.08.